The van der Waals surface area contributed by atoms with Gasteiger partial charge in [0.25, 0.3) is 0 Å². The first-order chi connectivity index (χ1) is 24.3. The zero-order valence-electron chi connectivity index (χ0n) is 28.8. The number of benzene rings is 3. The fourth-order valence-corrected chi connectivity index (χ4v) is 7.26. The highest BCUT2D eigenvalue weighted by Gasteiger charge is 2.50. The van der Waals surface area contributed by atoms with Crippen LogP contribution in [0.3, 0.4) is 0 Å². The maximum absolute atomic E-state index is 13.2. The predicted molar refractivity (Wildman–Crippen MR) is 191 cm³/mol. The minimum absolute atomic E-state index is 0.0160. The first kappa shape index (κ1) is 35.5. The van der Waals surface area contributed by atoms with Crippen molar-refractivity contribution in [2.75, 3.05) is 43.1 Å². The lowest BCUT2D eigenvalue weighted by atomic mass is 9.85. The van der Waals surface area contributed by atoms with Gasteiger partial charge in [-0.05, 0) is 61.1 Å². The molecule has 0 aromatic heterocycles. The van der Waals surface area contributed by atoms with Crippen molar-refractivity contribution in [3.63, 3.8) is 0 Å². The van der Waals surface area contributed by atoms with E-state index in [4.69, 9.17) is 9.47 Å². The Balaban J connectivity index is 1.08. The van der Waals surface area contributed by atoms with Crippen molar-refractivity contribution in [3.8, 4) is 0 Å². The second-order valence-electron chi connectivity index (χ2n) is 13.6. The van der Waals surface area contributed by atoms with Gasteiger partial charge in [0, 0.05) is 62.9 Å². The summed E-state index contributed by atoms with van der Waals surface area (Å²) in [4.78, 5) is 41.4. The van der Waals surface area contributed by atoms with Crippen molar-refractivity contribution in [2.24, 2.45) is 0 Å². The van der Waals surface area contributed by atoms with Crippen LogP contribution in [0.15, 0.2) is 78.9 Å². The van der Waals surface area contributed by atoms with E-state index < -0.39 is 11.8 Å². The molecule has 0 aliphatic carbocycles. The molecule has 3 fully saturated rings. The summed E-state index contributed by atoms with van der Waals surface area (Å²) in [6, 6.07) is 25.6. The monoisotopic (exact) mass is 683 g/mol. The van der Waals surface area contributed by atoms with Gasteiger partial charge in [0.1, 0.15) is 5.54 Å². The quantitative estimate of drug-likeness (QED) is 0.189. The summed E-state index contributed by atoms with van der Waals surface area (Å²) in [5, 5.41) is 18.4. The number of nitrogens with one attached hydrogen (secondary N) is 3. The van der Waals surface area contributed by atoms with Crippen LogP contribution in [0, 0.1) is 0 Å². The highest BCUT2D eigenvalue weighted by atomic mass is 16.7. The van der Waals surface area contributed by atoms with Crippen LogP contribution in [0.2, 0.25) is 0 Å². The number of ether oxygens (including phenoxy) is 2. The van der Waals surface area contributed by atoms with Gasteiger partial charge in [-0.15, -0.1) is 0 Å². The topological polar surface area (TPSA) is 132 Å². The number of hydrogen-bond donors (Lipinski definition) is 4. The first-order valence-corrected chi connectivity index (χ1v) is 17.8. The Kier molecular flexibility index (Phi) is 11.8. The number of aliphatic hydroxyl groups excluding tert-OH is 1. The van der Waals surface area contributed by atoms with E-state index >= 15 is 0 Å². The molecule has 0 unspecified atom stereocenters. The third-order valence-electron chi connectivity index (χ3n) is 10.1. The Morgan fingerprint density at radius 1 is 0.920 bits per heavy atom. The molecule has 1 spiro atoms. The molecule has 4 N–H and O–H groups in total. The molecule has 3 aromatic carbocycles. The molecule has 3 aliphatic rings. The van der Waals surface area contributed by atoms with Crippen molar-refractivity contribution >= 4 is 29.1 Å². The van der Waals surface area contributed by atoms with Gasteiger partial charge in [0.05, 0.1) is 25.5 Å². The van der Waals surface area contributed by atoms with Crippen LogP contribution < -0.4 is 20.9 Å². The smallest absolute Gasteiger partial charge is 0.247 e. The van der Waals surface area contributed by atoms with Gasteiger partial charge in [-0.25, -0.2) is 0 Å². The van der Waals surface area contributed by atoms with Gasteiger partial charge in [0.2, 0.25) is 17.7 Å². The van der Waals surface area contributed by atoms with Gasteiger partial charge in [0.15, 0.2) is 6.29 Å². The Morgan fingerprint density at radius 3 is 2.34 bits per heavy atom. The number of hydrogen-bond acceptors (Lipinski definition) is 8. The number of carbonyl (C=O) groups is 3. The lowest BCUT2D eigenvalue weighted by Crippen LogP contribution is -2.57. The van der Waals surface area contributed by atoms with Crippen LogP contribution in [0.4, 0.5) is 11.4 Å². The average molecular weight is 684 g/mol. The van der Waals surface area contributed by atoms with E-state index in [1.54, 1.807) is 0 Å². The zero-order valence-corrected chi connectivity index (χ0v) is 28.8. The molecular formula is C39H49N5O6. The number of nitrogens with zero attached hydrogens (tertiary/aromatic N) is 2. The van der Waals surface area contributed by atoms with E-state index in [9.17, 15) is 19.5 Å². The molecule has 3 atom stereocenters. The summed E-state index contributed by atoms with van der Waals surface area (Å²) < 4.78 is 13.2. The minimum Gasteiger partial charge on any atom is -0.392 e. The highest BCUT2D eigenvalue weighted by molar-refractivity contribution is 5.93. The van der Waals surface area contributed by atoms with Crippen molar-refractivity contribution < 1.29 is 29.0 Å². The van der Waals surface area contributed by atoms with E-state index in [2.05, 4.69) is 37.9 Å². The van der Waals surface area contributed by atoms with Crippen LogP contribution >= 0.6 is 0 Å². The third-order valence-corrected chi connectivity index (χ3v) is 10.1. The standard InChI is InChI=1S/C39H49N5O6/c1-28(46)40-21-7-3-6-10-36(47)42-32-17-15-31(16-18-32)37-49-34(24-35(50-37)30-13-11-29(26-45)12-14-30)25-43-22-19-39(20-23-43)38(48)41-27-44(39)33-8-4-2-5-9-33/h2,4-5,8-9,11-18,34-35,37,45H,3,6-7,10,19-27H2,1H3,(H,40,46)(H,41,48)(H,42,47)/t34-,35+,37+/m1/s1. The molecule has 3 aromatic rings. The largest absolute Gasteiger partial charge is 0.392 e. The fourth-order valence-electron chi connectivity index (χ4n) is 7.26. The second-order valence-corrected chi connectivity index (χ2v) is 13.6. The highest BCUT2D eigenvalue weighted by Crippen LogP contribution is 2.40. The van der Waals surface area contributed by atoms with Crippen LogP contribution in [-0.2, 0) is 30.5 Å². The van der Waals surface area contributed by atoms with Crippen LogP contribution in [0.25, 0.3) is 0 Å². The summed E-state index contributed by atoms with van der Waals surface area (Å²) in [6.07, 6.45) is 4.11. The van der Waals surface area contributed by atoms with Crippen LogP contribution in [-0.4, -0.2) is 72.2 Å². The molecular weight excluding hydrogens is 634 g/mol. The number of unbranched alkanes of at least 4 members (excludes halogenated alkanes) is 2. The molecule has 3 saturated heterocycles. The fraction of sp³-hybridized carbons (Fsp3) is 0.462. The minimum atomic E-state index is -0.602. The Bertz CT molecular complexity index is 1580. The molecule has 3 heterocycles. The van der Waals surface area contributed by atoms with Gasteiger partial charge < -0.3 is 40.3 Å². The van der Waals surface area contributed by atoms with Crippen molar-refractivity contribution in [2.45, 2.75) is 82.5 Å². The maximum atomic E-state index is 13.2. The number of likely N-dealkylation sites (tertiary alicyclic amines) is 1. The number of rotatable bonds is 13. The van der Waals surface area contributed by atoms with Gasteiger partial charge in [-0.1, -0.05) is 61.0 Å². The number of carbonyl (C=O) groups excluding carboxylic acids is 3. The summed E-state index contributed by atoms with van der Waals surface area (Å²) in [7, 11) is 0. The Labute approximate surface area is 294 Å². The van der Waals surface area contributed by atoms with Gasteiger partial charge >= 0.3 is 0 Å². The summed E-state index contributed by atoms with van der Waals surface area (Å²) in [6.45, 7) is 4.91. The number of piperidine rings is 1. The van der Waals surface area contributed by atoms with Gasteiger partial charge in [-0.2, -0.15) is 0 Å². The molecule has 11 nitrogen and oxygen atoms in total. The molecule has 6 rings (SSSR count). The van der Waals surface area contributed by atoms with Crippen molar-refractivity contribution in [3.05, 3.63) is 95.6 Å². The number of amides is 3. The maximum Gasteiger partial charge on any atom is 0.247 e. The van der Waals surface area contributed by atoms with Gasteiger partial charge in [-0.3, -0.25) is 14.4 Å². The predicted octanol–water partition coefficient (Wildman–Crippen LogP) is 4.79. The van der Waals surface area contributed by atoms with E-state index in [1.165, 1.54) is 6.92 Å². The molecule has 0 radical (unpaired) electrons. The number of aliphatic hydroxyl groups is 1. The SMILES string of the molecule is CC(=O)NCCCCCC(=O)Nc1ccc([C@H]2O[C@@H](CN3CCC4(CC3)C(=O)NCN4c3ccccc3)C[C@@H](c3ccc(CO)cc3)O2)cc1. The second kappa shape index (κ2) is 16.6. The molecule has 3 aliphatic heterocycles. The number of anilines is 2. The van der Waals surface area contributed by atoms with Crippen LogP contribution in [0.1, 0.15) is 81.0 Å². The van der Waals surface area contributed by atoms with E-state index in [0.717, 1.165) is 67.6 Å². The van der Waals surface area contributed by atoms with Crippen molar-refractivity contribution in [1.29, 1.82) is 0 Å². The first-order valence-electron chi connectivity index (χ1n) is 17.8. The normalized spacial score (nSPS) is 21.9. The summed E-state index contributed by atoms with van der Waals surface area (Å²) in [5.74, 6) is 0.0249. The summed E-state index contributed by atoms with van der Waals surface area (Å²) in [5.41, 5.74) is 3.97. The Hall–Kier alpha value is -4.29. The zero-order chi connectivity index (χ0) is 34.9. The summed E-state index contributed by atoms with van der Waals surface area (Å²) >= 11 is 0. The number of para-hydroxylation sites is 1. The lowest BCUT2D eigenvalue weighted by Gasteiger charge is -2.45. The van der Waals surface area contributed by atoms with E-state index in [0.29, 0.717) is 38.3 Å². The lowest BCUT2D eigenvalue weighted by molar-refractivity contribution is -0.253. The Morgan fingerprint density at radius 2 is 1.64 bits per heavy atom. The van der Waals surface area contributed by atoms with E-state index in [1.807, 2.05) is 66.7 Å². The molecule has 0 saturated carbocycles. The van der Waals surface area contributed by atoms with Crippen molar-refractivity contribution in [1.82, 2.24) is 15.5 Å². The molecule has 11 heteroatoms. The van der Waals surface area contributed by atoms with E-state index in [-0.39, 0.29) is 36.5 Å². The molecule has 0 bridgehead atoms. The third kappa shape index (κ3) is 8.70. The van der Waals surface area contributed by atoms with Crippen LogP contribution in [0.5, 0.6) is 0 Å². The molecule has 50 heavy (non-hydrogen) atoms. The average Bonchev–Trinajstić information content (AvgIpc) is 3.45. The molecule has 266 valence electrons. The molecule has 3 amide bonds.